The lowest BCUT2D eigenvalue weighted by Crippen LogP contribution is -2.36. The molecule has 0 aliphatic heterocycles. The molecule has 0 saturated heterocycles. The number of hydrogen-bond acceptors (Lipinski definition) is 4. The third-order valence-corrected chi connectivity index (χ3v) is 4.05. The zero-order valence-corrected chi connectivity index (χ0v) is 13.2. The lowest BCUT2D eigenvalue weighted by Gasteiger charge is -2.15. The number of carbonyl (C=O) groups is 1. The van der Waals surface area contributed by atoms with Gasteiger partial charge in [-0.15, -0.1) is 5.10 Å². The zero-order valence-electron chi connectivity index (χ0n) is 13.2. The van der Waals surface area contributed by atoms with Crippen molar-refractivity contribution >= 4 is 6.03 Å². The minimum Gasteiger partial charge on any atom is -0.508 e. The second-order valence-electron chi connectivity index (χ2n) is 5.60. The number of nitrogens with one attached hydrogen (secondary N) is 2. The molecule has 0 spiro atoms. The molecule has 3 N–H and O–H groups in total. The third kappa shape index (κ3) is 3.08. The van der Waals surface area contributed by atoms with Crippen molar-refractivity contribution in [1.29, 1.82) is 0 Å². The zero-order chi connectivity index (χ0) is 16.4. The van der Waals surface area contributed by atoms with Crippen LogP contribution in [0.25, 0.3) is 0 Å². The Bertz CT molecular complexity index is 726. The molecule has 122 valence electrons. The Kier molecular flexibility index (Phi) is 4.10. The van der Waals surface area contributed by atoms with Crippen LogP contribution in [0, 0.1) is 0 Å². The highest BCUT2D eigenvalue weighted by Crippen LogP contribution is 2.36. The summed E-state index contributed by atoms with van der Waals surface area (Å²) in [5.74, 6) is 0.802. The number of amides is 2. The molecule has 7 nitrogen and oxygen atoms in total. The summed E-state index contributed by atoms with van der Waals surface area (Å²) in [6.07, 6.45) is 3.36. The number of rotatable bonds is 4. The Morgan fingerprint density at radius 2 is 2.35 bits per heavy atom. The molecule has 23 heavy (non-hydrogen) atoms. The molecule has 1 aliphatic carbocycles. The van der Waals surface area contributed by atoms with Crippen LogP contribution in [0.1, 0.15) is 29.2 Å². The molecule has 7 heteroatoms. The van der Waals surface area contributed by atoms with E-state index in [1.165, 1.54) is 0 Å². The number of aryl methyl sites for hydroxylation is 1. The van der Waals surface area contributed by atoms with Crippen molar-refractivity contribution in [2.24, 2.45) is 7.05 Å². The highest BCUT2D eigenvalue weighted by atomic mass is 16.5. The molecule has 1 unspecified atom stereocenters. The number of nitrogens with zero attached hydrogens (tertiary/aromatic N) is 2. The average molecular weight is 316 g/mol. The van der Waals surface area contributed by atoms with Crippen LogP contribution in [-0.4, -0.2) is 28.0 Å². The van der Waals surface area contributed by atoms with Crippen LogP contribution in [-0.2, 0) is 20.0 Å². The van der Waals surface area contributed by atoms with Crippen LogP contribution < -0.4 is 15.4 Å². The van der Waals surface area contributed by atoms with E-state index in [1.54, 1.807) is 31.0 Å². The normalized spacial score (nSPS) is 16.0. The number of hydrogen-bond donors (Lipinski definition) is 3. The van der Waals surface area contributed by atoms with E-state index in [-0.39, 0.29) is 12.1 Å². The van der Waals surface area contributed by atoms with E-state index >= 15 is 0 Å². The van der Waals surface area contributed by atoms with E-state index < -0.39 is 0 Å². The number of ether oxygens (including phenoxy) is 1. The van der Waals surface area contributed by atoms with Crippen molar-refractivity contribution in [3.8, 4) is 11.6 Å². The van der Waals surface area contributed by atoms with E-state index in [0.717, 1.165) is 29.5 Å². The van der Waals surface area contributed by atoms with Gasteiger partial charge in [0.05, 0.1) is 25.3 Å². The molecule has 1 atom stereocenters. The summed E-state index contributed by atoms with van der Waals surface area (Å²) in [5.41, 5.74) is 2.72. The Balaban J connectivity index is 1.60. The summed E-state index contributed by atoms with van der Waals surface area (Å²) >= 11 is 0. The summed E-state index contributed by atoms with van der Waals surface area (Å²) in [5, 5.41) is 19.7. The van der Waals surface area contributed by atoms with Crippen molar-refractivity contribution in [2.75, 3.05) is 7.11 Å². The van der Waals surface area contributed by atoms with Gasteiger partial charge in [0.2, 0.25) is 5.88 Å². The number of fused-ring (bicyclic) bond motifs is 1. The number of aromatic nitrogens is 2. The smallest absolute Gasteiger partial charge is 0.315 e. The van der Waals surface area contributed by atoms with Crippen LogP contribution in [0.2, 0.25) is 0 Å². The molecular formula is C16H20N4O3. The van der Waals surface area contributed by atoms with Gasteiger partial charge in [-0.1, -0.05) is 12.1 Å². The Morgan fingerprint density at radius 1 is 1.52 bits per heavy atom. The average Bonchev–Trinajstić information content (AvgIpc) is 3.10. The number of benzene rings is 1. The lowest BCUT2D eigenvalue weighted by molar-refractivity contribution is 0.236. The minimum absolute atomic E-state index is 0.0760. The van der Waals surface area contributed by atoms with Gasteiger partial charge in [-0.25, -0.2) is 4.79 Å². The number of carbonyl (C=O) groups excluding carboxylic acids is 1. The monoisotopic (exact) mass is 316 g/mol. The summed E-state index contributed by atoms with van der Waals surface area (Å²) < 4.78 is 6.80. The molecule has 2 amide bonds. The van der Waals surface area contributed by atoms with Gasteiger partial charge in [0, 0.05) is 13.2 Å². The second kappa shape index (κ2) is 6.20. The van der Waals surface area contributed by atoms with E-state index in [9.17, 15) is 9.90 Å². The molecule has 1 aromatic heterocycles. The Labute approximate surface area is 134 Å². The van der Waals surface area contributed by atoms with Crippen LogP contribution in [0.5, 0.6) is 11.6 Å². The number of methoxy groups -OCH3 is 1. The second-order valence-corrected chi connectivity index (χ2v) is 5.60. The SMILES string of the molecule is COc1nn(C)cc1CNC(=O)NC1CCc2c(O)cccc21. The van der Waals surface area contributed by atoms with Crippen molar-refractivity contribution in [3.63, 3.8) is 0 Å². The van der Waals surface area contributed by atoms with Crippen molar-refractivity contribution in [3.05, 3.63) is 41.1 Å². The van der Waals surface area contributed by atoms with Gasteiger partial charge in [-0.2, -0.15) is 0 Å². The first-order chi connectivity index (χ1) is 11.1. The maximum Gasteiger partial charge on any atom is 0.315 e. The molecule has 2 aromatic rings. The molecule has 1 heterocycles. The number of phenols is 1. The van der Waals surface area contributed by atoms with Crippen molar-refractivity contribution in [1.82, 2.24) is 20.4 Å². The van der Waals surface area contributed by atoms with Crippen LogP contribution >= 0.6 is 0 Å². The first-order valence-electron chi connectivity index (χ1n) is 7.50. The highest BCUT2D eigenvalue weighted by molar-refractivity contribution is 5.74. The summed E-state index contributed by atoms with van der Waals surface area (Å²) in [6.45, 7) is 0.336. The lowest BCUT2D eigenvalue weighted by atomic mass is 10.1. The molecule has 0 bridgehead atoms. The fraction of sp³-hybridized carbons (Fsp3) is 0.375. The van der Waals surface area contributed by atoms with Gasteiger partial charge in [0.25, 0.3) is 0 Å². The highest BCUT2D eigenvalue weighted by Gasteiger charge is 2.25. The molecule has 0 saturated carbocycles. The number of phenolic OH excluding ortho intramolecular Hbond substituents is 1. The van der Waals surface area contributed by atoms with Gasteiger partial charge in [0.15, 0.2) is 0 Å². The molecule has 1 aliphatic rings. The quantitative estimate of drug-likeness (QED) is 0.800. The van der Waals surface area contributed by atoms with Crippen LogP contribution in [0.15, 0.2) is 24.4 Å². The topological polar surface area (TPSA) is 88.4 Å². The predicted octanol–water partition coefficient (Wildman–Crippen LogP) is 1.62. The first kappa shape index (κ1) is 15.2. The van der Waals surface area contributed by atoms with Gasteiger partial charge in [-0.3, -0.25) is 4.68 Å². The molecule has 0 fully saturated rings. The van der Waals surface area contributed by atoms with Crippen LogP contribution in [0.4, 0.5) is 4.79 Å². The summed E-state index contributed by atoms with van der Waals surface area (Å²) in [6, 6.07) is 5.09. The maximum atomic E-state index is 12.1. The van der Waals surface area contributed by atoms with Gasteiger partial charge >= 0.3 is 6.03 Å². The van der Waals surface area contributed by atoms with Gasteiger partial charge < -0.3 is 20.5 Å². The van der Waals surface area contributed by atoms with E-state index in [0.29, 0.717) is 18.2 Å². The standard InChI is InChI=1S/C16H20N4O3/c1-20-9-10(15(19-20)23-2)8-17-16(22)18-13-7-6-12-11(13)4-3-5-14(12)21/h3-5,9,13,21H,6-8H2,1-2H3,(H2,17,18,22). The van der Waals surface area contributed by atoms with E-state index in [2.05, 4.69) is 15.7 Å². The Hall–Kier alpha value is -2.70. The fourth-order valence-corrected chi connectivity index (χ4v) is 2.98. The summed E-state index contributed by atoms with van der Waals surface area (Å²) in [4.78, 5) is 12.1. The third-order valence-electron chi connectivity index (χ3n) is 4.05. The number of urea groups is 1. The largest absolute Gasteiger partial charge is 0.508 e. The van der Waals surface area contributed by atoms with Crippen molar-refractivity contribution < 1.29 is 14.6 Å². The predicted molar refractivity (Wildman–Crippen MR) is 84.3 cm³/mol. The minimum atomic E-state index is -0.253. The van der Waals surface area contributed by atoms with Gasteiger partial charge in [0.1, 0.15) is 5.75 Å². The van der Waals surface area contributed by atoms with Crippen LogP contribution in [0.3, 0.4) is 0 Å². The molecular weight excluding hydrogens is 296 g/mol. The Morgan fingerprint density at radius 3 is 3.13 bits per heavy atom. The van der Waals surface area contributed by atoms with Crippen molar-refractivity contribution in [2.45, 2.75) is 25.4 Å². The molecule has 1 aromatic carbocycles. The van der Waals surface area contributed by atoms with E-state index in [1.807, 2.05) is 12.3 Å². The molecule has 3 rings (SSSR count). The van der Waals surface area contributed by atoms with Gasteiger partial charge in [-0.05, 0) is 30.0 Å². The maximum absolute atomic E-state index is 12.1. The first-order valence-corrected chi connectivity index (χ1v) is 7.50. The fourth-order valence-electron chi connectivity index (χ4n) is 2.98. The summed E-state index contributed by atoms with van der Waals surface area (Å²) in [7, 11) is 3.35. The number of aromatic hydroxyl groups is 1. The van der Waals surface area contributed by atoms with E-state index in [4.69, 9.17) is 4.74 Å². The molecule has 0 radical (unpaired) electrons.